The van der Waals surface area contributed by atoms with E-state index < -0.39 is 42.4 Å². The number of fused-ring (bicyclic) bond motifs is 3. The van der Waals surface area contributed by atoms with E-state index in [-0.39, 0.29) is 37.0 Å². The van der Waals surface area contributed by atoms with E-state index in [1.54, 1.807) is 34.0 Å². The maximum Gasteiger partial charge on any atom is 0.487 e. The highest BCUT2D eigenvalue weighted by molar-refractivity contribution is 7.66. The number of nitrogen functional groups attached to an aromatic ring is 1. The molecule has 1 saturated heterocycles. The molecule has 6 N–H and O–H groups in total. The molecule has 1 aliphatic carbocycles. The van der Waals surface area contributed by atoms with E-state index in [1.165, 1.54) is 6.33 Å². The monoisotopic (exact) mass is 1010 g/mol. The lowest BCUT2D eigenvalue weighted by Crippen LogP contribution is -2.30. The van der Waals surface area contributed by atoms with Gasteiger partial charge in [0.2, 0.25) is 11.3 Å². The minimum Gasteiger partial charge on any atom is -0.756 e. The highest BCUT2D eigenvalue weighted by Gasteiger charge is 2.39. The van der Waals surface area contributed by atoms with Gasteiger partial charge in [0, 0.05) is 84.2 Å². The first-order chi connectivity index (χ1) is 32.1. The number of phosphoric ester groups is 1. The highest BCUT2D eigenvalue weighted by atomic mass is 32.1. The summed E-state index contributed by atoms with van der Waals surface area (Å²) in [5.74, 6) is 5.61. The molecular formula is C43H49N8O13P3S. The standard InChI is InChI=1S/C43H49N8O13P3S/c1-48(2)28-14-17-33-35(22-28)68-36-23-29(49(3)4)15-18-34(36)40(33)31-11-6-7-12-32(31)43(53)50(5)21-9-13-37(52)45-20-8-10-27-24-51(42-39(27)41(44)46-26-47-42)38-19-16-30(62-38)25-61-66(57,58)64-67(59,60)63-65(54,55)56/h6-7,11-12,14-15,17-18,22-24,26,30,38H,9,13,16,19-21,25H2,1-5H3,(H6-,44,45,46,47,52,54,55,56,57,58,59,60)/t30-,38+/m0/s1. The Morgan fingerprint density at radius 2 is 1.78 bits per heavy atom. The molecule has 0 radical (unpaired) electrons. The molecule has 3 aliphatic rings. The maximum atomic E-state index is 14.2. The first-order valence-corrected chi connectivity index (χ1v) is 26.2. The van der Waals surface area contributed by atoms with Gasteiger partial charge in [-0.1, -0.05) is 36.1 Å². The van der Waals surface area contributed by atoms with Gasteiger partial charge in [-0.2, -0.15) is 4.31 Å². The summed E-state index contributed by atoms with van der Waals surface area (Å²) in [7, 11) is -7.13. The molecule has 7 rings (SSSR count). The van der Waals surface area contributed by atoms with Crippen molar-refractivity contribution in [2.24, 2.45) is 0 Å². The topological polar surface area (TPSA) is 284 Å². The third-order valence-electron chi connectivity index (χ3n) is 10.9. The Balaban J connectivity index is 0.967. The average molecular weight is 1010 g/mol. The van der Waals surface area contributed by atoms with E-state index >= 15 is 0 Å². The summed E-state index contributed by atoms with van der Waals surface area (Å²) in [4.78, 5) is 78.9. The highest BCUT2D eigenvalue weighted by Crippen LogP contribution is 2.65. The molecule has 5 atom stereocenters. The molecule has 2 amide bonds. The van der Waals surface area contributed by atoms with Crippen LogP contribution >= 0.6 is 34.8 Å². The van der Waals surface area contributed by atoms with Crippen molar-refractivity contribution in [3.8, 4) is 33.4 Å². The molecule has 2 aromatic heterocycles. The second kappa shape index (κ2) is 20.7. The number of aromatic nitrogens is 3. The van der Waals surface area contributed by atoms with Gasteiger partial charge in [0.05, 0.1) is 30.2 Å². The largest absolute Gasteiger partial charge is 0.756 e. The van der Waals surface area contributed by atoms with Crippen molar-refractivity contribution in [3.63, 3.8) is 0 Å². The molecule has 4 heterocycles. The second-order valence-electron chi connectivity index (χ2n) is 16.1. The Bertz CT molecular complexity index is 3160. The normalized spacial score (nSPS) is 17.5. The number of benzene rings is 3. The fourth-order valence-corrected chi connectivity index (χ4v) is 11.8. The van der Waals surface area contributed by atoms with Crippen molar-refractivity contribution < 1.29 is 60.7 Å². The van der Waals surface area contributed by atoms with Crippen molar-refractivity contribution in [2.45, 2.75) is 38.0 Å². The first kappa shape index (κ1) is 50.5. The number of hydrogen-bond acceptors (Lipinski definition) is 15. The van der Waals surface area contributed by atoms with Crippen LogP contribution in [0.4, 0.5) is 11.5 Å². The van der Waals surface area contributed by atoms with Crippen LogP contribution < -0.4 is 30.8 Å². The summed E-state index contributed by atoms with van der Waals surface area (Å²) in [5.41, 5.74) is 11.5. The Hall–Kier alpha value is -5.36. The van der Waals surface area contributed by atoms with Crippen LogP contribution in [0, 0.1) is 11.8 Å². The van der Waals surface area contributed by atoms with Crippen LogP contribution in [-0.4, -0.2) is 107 Å². The van der Waals surface area contributed by atoms with Crippen LogP contribution in [0.5, 0.6) is 0 Å². The number of carbonyl (C=O) groups excluding carboxylic acids is 2. The quantitative estimate of drug-likeness (QED) is 0.0386. The molecule has 25 heteroatoms. The molecule has 21 nitrogen and oxygen atoms in total. The fourth-order valence-electron chi connectivity index (χ4n) is 7.67. The Kier molecular flexibility index (Phi) is 15.4. The molecule has 0 saturated carbocycles. The lowest BCUT2D eigenvalue weighted by molar-refractivity contribution is -0.212. The van der Waals surface area contributed by atoms with Gasteiger partial charge in [0.25, 0.3) is 13.7 Å². The summed E-state index contributed by atoms with van der Waals surface area (Å²) < 4.78 is 57.4. The zero-order valence-electron chi connectivity index (χ0n) is 37.5. The number of hydrogen-bond donors (Lipinski definition) is 5. The van der Waals surface area contributed by atoms with E-state index in [4.69, 9.17) is 19.9 Å². The second-order valence-corrected chi connectivity index (χ2v) is 21.6. The van der Waals surface area contributed by atoms with Gasteiger partial charge >= 0.3 is 15.6 Å². The van der Waals surface area contributed by atoms with Crippen molar-refractivity contribution in [2.75, 3.05) is 65.6 Å². The van der Waals surface area contributed by atoms with Crippen LogP contribution in [0.15, 0.2) is 73.2 Å². The van der Waals surface area contributed by atoms with Gasteiger partial charge < -0.3 is 49.7 Å². The molecule has 4 aromatic rings. The van der Waals surface area contributed by atoms with Crippen LogP contribution in [0.2, 0.25) is 0 Å². The van der Waals surface area contributed by atoms with E-state index in [0.717, 1.165) is 42.7 Å². The van der Waals surface area contributed by atoms with E-state index in [2.05, 4.69) is 81.6 Å². The molecule has 360 valence electrons. The van der Waals surface area contributed by atoms with Gasteiger partial charge in [-0.15, -0.1) is 11.3 Å². The molecule has 0 bridgehead atoms. The van der Waals surface area contributed by atoms with Crippen LogP contribution in [0.3, 0.4) is 0 Å². The van der Waals surface area contributed by atoms with E-state index in [9.17, 15) is 38.0 Å². The van der Waals surface area contributed by atoms with Gasteiger partial charge in [-0.05, 0) is 54.7 Å². The summed E-state index contributed by atoms with van der Waals surface area (Å²) in [6.45, 7) is -0.309. The summed E-state index contributed by atoms with van der Waals surface area (Å²) in [5, 5.41) is 5.33. The smallest absolute Gasteiger partial charge is 0.487 e. The van der Waals surface area contributed by atoms with Gasteiger partial charge in [0.15, 0.2) is 0 Å². The molecule has 3 unspecified atom stereocenters. The maximum absolute atomic E-state index is 14.2. The third-order valence-corrected chi connectivity index (χ3v) is 15.8. The Labute approximate surface area is 394 Å². The number of nitrogens with zero attached hydrogens (tertiary/aromatic N) is 6. The number of anilines is 2. The van der Waals surface area contributed by atoms with E-state index in [0.29, 0.717) is 41.5 Å². The van der Waals surface area contributed by atoms with Gasteiger partial charge in [-0.3, -0.25) is 18.7 Å². The number of ether oxygens (including phenoxy) is 1. The third kappa shape index (κ3) is 12.1. The minimum absolute atomic E-state index is 0.00766. The number of nitrogens with two attached hydrogens (primary N) is 1. The van der Waals surface area contributed by atoms with Crippen LogP contribution in [-0.2, 0) is 36.4 Å². The average Bonchev–Trinajstić information content (AvgIpc) is 3.90. The zero-order chi connectivity index (χ0) is 49.1. The van der Waals surface area contributed by atoms with Crippen molar-refractivity contribution in [3.05, 3.63) is 89.7 Å². The van der Waals surface area contributed by atoms with Crippen molar-refractivity contribution in [1.82, 2.24) is 29.3 Å². The van der Waals surface area contributed by atoms with Crippen LogP contribution in [0.25, 0.3) is 42.7 Å². The number of nitrogens with one attached hydrogen (secondary N) is 1. The summed E-state index contributed by atoms with van der Waals surface area (Å²) >= 11 is 1.72. The lowest BCUT2D eigenvalue weighted by atomic mass is 9.91. The predicted molar refractivity (Wildman–Crippen MR) is 254 cm³/mol. The molecule has 2 aromatic carbocycles. The first-order valence-electron chi connectivity index (χ1n) is 20.9. The number of rotatable bonds is 16. The van der Waals surface area contributed by atoms with Crippen LogP contribution in [0.1, 0.15) is 47.8 Å². The summed E-state index contributed by atoms with van der Waals surface area (Å²) in [6, 6.07) is 20.4. The Morgan fingerprint density at radius 1 is 1.01 bits per heavy atom. The molecule has 1 fully saturated rings. The fraction of sp³-hybridized carbons (Fsp3) is 0.326. The molecule has 0 spiro atoms. The number of carbonyl (C=O) groups is 2. The van der Waals surface area contributed by atoms with E-state index in [1.807, 2.05) is 52.5 Å². The number of phosphoric acid groups is 3. The minimum atomic E-state index is -5.80. The SMILES string of the molecule is CN(CCCC(=O)NCC#Cc1cn([C@H]2CC[C@@H](COP(=O)(O)OP(=O)(O)OP(=O)([O-])O)O2)c2ncnc(N)c12)C(=O)c1ccccc1-c1c2ccc(=[N+](C)C)cc-2sc2cc(N(C)C)ccc12. The van der Waals surface area contributed by atoms with Crippen molar-refractivity contribution >= 4 is 79.2 Å². The zero-order valence-corrected chi connectivity index (χ0v) is 41.0. The van der Waals surface area contributed by atoms with Crippen molar-refractivity contribution in [1.29, 1.82) is 0 Å². The molecule has 2 aliphatic heterocycles. The summed E-state index contributed by atoms with van der Waals surface area (Å²) in [6.07, 6.45) is 2.49. The van der Waals surface area contributed by atoms with Gasteiger partial charge in [0.1, 0.15) is 38.1 Å². The predicted octanol–water partition coefficient (Wildman–Crippen LogP) is 4.51. The Morgan fingerprint density at radius 3 is 2.51 bits per heavy atom. The number of amides is 2. The molecular weight excluding hydrogens is 962 g/mol. The lowest BCUT2D eigenvalue weighted by Gasteiger charge is -2.22. The molecule has 68 heavy (non-hydrogen) atoms. The van der Waals surface area contributed by atoms with Gasteiger partial charge in [-0.25, -0.2) is 28.0 Å².